The predicted octanol–water partition coefficient (Wildman–Crippen LogP) is 4.36. The van der Waals surface area contributed by atoms with Crippen molar-refractivity contribution in [3.63, 3.8) is 0 Å². The lowest BCUT2D eigenvalue weighted by atomic mass is 10.2. The maximum absolute atomic E-state index is 6.05. The Morgan fingerprint density at radius 3 is 2.65 bits per heavy atom. The highest BCUT2D eigenvalue weighted by molar-refractivity contribution is 8.32. The molecule has 8 nitrogen and oxygen atoms in total. The summed E-state index contributed by atoms with van der Waals surface area (Å²) >= 11 is 0. The van der Waals surface area contributed by atoms with Crippen molar-refractivity contribution >= 4 is 20.9 Å². The molecule has 1 aliphatic rings. The summed E-state index contributed by atoms with van der Waals surface area (Å²) in [6.07, 6.45) is 10.5. The number of aromatic nitrogens is 4. The van der Waals surface area contributed by atoms with Crippen molar-refractivity contribution < 1.29 is 9.47 Å². The zero-order valence-corrected chi connectivity index (χ0v) is 22.7. The molecular weight excluding hydrogens is 484 g/mol. The fourth-order valence-corrected chi connectivity index (χ4v) is 4.87. The monoisotopic (exact) mass is 520 g/mol. The Morgan fingerprint density at radius 2 is 1.86 bits per heavy atom. The van der Waals surface area contributed by atoms with E-state index in [1.807, 2.05) is 47.3 Å². The van der Waals surface area contributed by atoms with Crippen LogP contribution in [-0.4, -0.2) is 82.0 Å². The number of nitrogens with one attached hydrogen (secondary N) is 1. The van der Waals surface area contributed by atoms with Crippen LogP contribution >= 0.6 is 10.0 Å². The van der Waals surface area contributed by atoms with Crippen molar-refractivity contribution in [2.45, 2.75) is 13.3 Å². The van der Waals surface area contributed by atoms with Crippen LogP contribution in [0.4, 0.5) is 0 Å². The van der Waals surface area contributed by atoms with E-state index in [2.05, 4.69) is 51.2 Å². The van der Waals surface area contributed by atoms with Crippen molar-refractivity contribution in [2.24, 2.45) is 0 Å². The van der Waals surface area contributed by atoms with Crippen LogP contribution in [0.5, 0.6) is 11.6 Å². The molecule has 37 heavy (non-hydrogen) atoms. The average molecular weight is 521 g/mol. The molecule has 0 bridgehead atoms. The number of benzene rings is 1. The van der Waals surface area contributed by atoms with Crippen molar-refractivity contribution in [3.8, 4) is 22.9 Å². The first-order chi connectivity index (χ1) is 17.9. The lowest BCUT2D eigenvalue weighted by Crippen LogP contribution is -2.43. The second-order valence-corrected chi connectivity index (χ2v) is 14.8. The number of hydrogen-bond acceptors (Lipinski definition) is 7. The summed E-state index contributed by atoms with van der Waals surface area (Å²) < 4.78 is 13.8. The second kappa shape index (κ2) is 11.6. The lowest BCUT2D eigenvalue weighted by Gasteiger charge is -2.26. The maximum Gasteiger partial charge on any atom is 0.219 e. The molecule has 1 aromatic carbocycles. The van der Waals surface area contributed by atoms with Gasteiger partial charge in [-0.1, -0.05) is 6.07 Å². The Balaban J connectivity index is 1.20. The summed E-state index contributed by atoms with van der Waals surface area (Å²) in [6.45, 7) is 6.26. The third-order valence-corrected chi connectivity index (χ3v) is 7.73. The predicted molar refractivity (Wildman–Crippen MR) is 152 cm³/mol. The molecule has 0 spiro atoms. The molecule has 196 valence electrons. The van der Waals surface area contributed by atoms with E-state index in [1.165, 1.54) is 0 Å². The first-order valence-corrected chi connectivity index (χ1v) is 15.7. The van der Waals surface area contributed by atoms with Gasteiger partial charge in [0.25, 0.3) is 0 Å². The van der Waals surface area contributed by atoms with Gasteiger partial charge in [-0.05, 0) is 55.2 Å². The van der Waals surface area contributed by atoms with E-state index in [1.54, 1.807) is 6.20 Å². The van der Waals surface area contributed by atoms with Crippen molar-refractivity contribution in [1.29, 1.82) is 0 Å². The number of nitrogens with zero attached hydrogens (tertiary/aromatic N) is 5. The van der Waals surface area contributed by atoms with Crippen LogP contribution < -0.4 is 10.1 Å². The van der Waals surface area contributed by atoms with Crippen LogP contribution in [0, 0.1) is 0 Å². The number of piperazine rings is 1. The van der Waals surface area contributed by atoms with Crippen LogP contribution in [0.15, 0.2) is 60.9 Å². The molecule has 1 aliphatic heterocycles. The maximum atomic E-state index is 6.05. The molecule has 1 N–H and O–H groups in total. The van der Waals surface area contributed by atoms with Gasteiger partial charge in [0.05, 0.1) is 23.5 Å². The summed E-state index contributed by atoms with van der Waals surface area (Å²) in [5.41, 5.74) is 4.01. The summed E-state index contributed by atoms with van der Waals surface area (Å²) in [6, 6.07) is 16.1. The Bertz CT molecular complexity index is 1310. The summed E-state index contributed by atoms with van der Waals surface area (Å²) in [7, 11) is -0.564. The number of fused-ring (bicyclic) bond motifs is 1. The topological polar surface area (TPSA) is 77.3 Å². The third kappa shape index (κ3) is 7.07. The molecule has 1 fully saturated rings. The Hall–Kier alpha value is -2.98. The van der Waals surface area contributed by atoms with E-state index in [0.717, 1.165) is 78.7 Å². The van der Waals surface area contributed by atoms with Gasteiger partial charge >= 0.3 is 0 Å². The van der Waals surface area contributed by atoms with Gasteiger partial charge in [-0.2, -0.15) is 5.10 Å². The molecule has 9 heteroatoms. The minimum Gasteiger partial charge on any atom is -0.439 e. The highest BCUT2D eigenvalue weighted by atomic mass is 32.3. The lowest BCUT2D eigenvalue weighted by molar-refractivity contribution is 0.0821. The summed E-state index contributed by atoms with van der Waals surface area (Å²) in [4.78, 5) is 11.8. The number of rotatable bonds is 10. The quantitative estimate of drug-likeness (QED) is 0.311. The molecule has 0 atom stereocenters. The van der Waals surface area contributed by atoms with Gasteiger partial charge in [0.2, 0.25) is 5.88 Å². The van der Waals surface area contributed by atoms with Gasteiger partial charge < -0.3 is 14.8 Å². The zero-order chi connectivity index (χ0) is 25.7. The van der Waals surface area contributed by atoms with Gasteiger partial charge in [0.15, 0.2) is 0 Å². The molecule has 0 aliphatic carbocycles. The minimum absolute atomic E-state index is 0.429. The van der Waals surface area contributed by atoms with Gasteiger partial charge in [-0.3, -0.25) is 9.88 Å². The molecule has 5 rings (SSSR count). The SMILES string of the molecule is CS(C)(C)CCOCn1nccc1-c1ccc(Oc2ccc3nc(CN4CCNCC4)ccc3c2)nc1. The molecule has 0 amide bonds. The van der Waals surface area contributed by atoms with E-state index in [-0.39, 0.29) is 0 Å². The van der Waals surface area contributed by atoms with Crippen LogP contribution in [0.1, 0.15) is 5.69 Å². The highest BCUT2D eigenvalue weighted by Crippen LogP contribution is 2.33. The van der Waals surface area contributed by atoms with Crippen LogP contribution in [0.25, 0.3) is 22.2 Å². The van der Waals surface area contributed by atoms with E-state index >= 15 is 0 Å². The molecule has 0 saturated carbocycles. The Morgan fingerprint density at radius 1 is 1.00 bits per heavy atom. The summed E-state index contributed by atoms with van der Waals surface area (Å²) in [5.74, 6) is 2.37. The molecule has 0 unspecified atom stereocenters. The van der Waals surface area contributed by atoms with Gasteiger partial charge in [0, 0.05) is 67.9 Å². The zero-order valence-electron chi connectivity index (χ0n) is 21.9. The standard InChI is InChI=1S/C28H36N6O2S/c1-37(2,3)17-16-35-21-34-27(10-11-31-34)23-5-9-28(30-19-23)36-25-7-8-26-22(18-25)4-6-24(32-26)20-33-14-12-29-13-15-33/h4-11,18-19,29H,12-17,20-21H2,1-3H3. The third-order valence-electron chi connectivity index (χ3n) is 6.34. The van der Waals surface area contributed by atoms with Crippen LogP contribution in [0.2, 0.25) is 0 Å². The fraction of sp³-hybridized carbons (Fsp3) is 0.393. The highest BCUT2D eigenvalue weighted by Gasteiger charge is 2.12. The summed E-state index contributed by atoms with van der Waals surface area (Å²) in [5, 5.41) is 8.86. The van der Waals surface area contributed by atoms with E-state index < -0.39 is 10.0 Å². The largest absolute Gasteiger partial charge is 0.439 e. The number of hydrogen-bond donors (Lipinski definition) is 1. The Labute approximate surface area is 220 Å². The van der Waals surface area contributed by atoms with Gasteiger partial charge in [0.1, 0.15) is 12.5 Å². The first kappa shape index (κ1) is 25.7. The van der Waals surface area contributed by atoms with Gasteiger partial charge in [-0.15, -0.1) is 0 Å². The first-order valence-electron chi connectivity index (χ1n) is 12.7. The average Bonchev–Trinajstić information content (AvgIpc) is 3.36. The Kier molecular flexibility index (Phi) is 8.05. The number of pyridine rings is 2. The molecule has 4 aromatic rings. The van der Waals surface area contributed by atoms with Crippen molar-refractivity contribution in [2.75, 3.05) is 57.3 Å². The fourth-order valence-electron chi connectivity index (χ4n) is 4.25. The molecule has 3 aromatic heterocycles. The van der Waals surface area contributed by atoms with Crippen LogP contribution in [0.3, 0.4) is 0 Å². The number of ether oxygens (including phenoxy) is 2. The molecule has 1 saturated heterocycles. The van der Waals surface area contributed by atoms with E-state index in [9.17, 15) is 0 Å². The van der Waals surface area contributed by atoms with Crippen LogP contribution in [-0.2, 0) is 18.0 Å². The normalized spacial score (nSPS) is 15.2. The molecule has 0 radical (unpaired) electrons. The molecule has 4 heterocycles. The van der Waals surface area contributed by atoms with Crippen molar-refractivity contribution in [3.05, 3.63) is 66.6 Å². The second-order valence-electron chi connectivity index (χ2n) is 10.2. The smallest absolute Gasteiger partial charge is 0.219 e. The van der Waals surface area contributed by atoms with Crippen molar-refractivity contribution in [1.82, 2.24) is 30.0 Å². The minimum atomic E-state index is -0.564. The van der Waals surface area contributed by atoms with E-state index in [4.69, 9.17) is 14.5 Å². The van der Waals surface area contributed by atoms with E-state index in [0.29, 0.717) is 12.6 Å². The van der Waals surface area contributed by atoms with Gasteiger partial charge in [-0.25, -0.2) is 19.7 Å². The molecular formula is C28H36N6O2S.